The van der Waals surface area contributed by atoms with Crippen LogP contribution in [0.5, 0.6) is 5.75 Å². The van der Waals surface area contributed by atoms with Crippen LogP contribution in [0.15, 0.2) is 24.3 Å². The molecule has 1 aromatic heterocycles. The highest BCUT2D eigenvalue weighted by Crippen LogP contribution is 2.32. The normalized spacial score (nSPS) is 16.1. The van der Waals surface area contributed by atoms with Crippen molar-refractivity contribution in [3.05, 3.63) is 40.4 Å². The Labute approximate surface area is 146 Å². The number of hydrogen-bond acceptors (Lipinski definition) is 5. The van der Waals surface area contributed by atoms with Crippen molar-refractivity contribution < 1.29 is 22.7 Å². The third kappa shape index (κ3) is 4.09. The van der Waals surface area contributed by atoms with Crippen molar-refractivity contribution >= 4 is 17.4 Å². The van der Waals surface area contributed by atoms with Crippen LogP contribution in [0.25, 0.3) is 0 Å². The lowest BCUT2D eigenvalue weighted by molar-refractivity contribution is -0.137. The van der Waals surface area contributed by atoms with Crippen LogP contribution in [0.2, 0.25) is 0 Å². The Kier molecular flexibility index (Phi) is 4.94. The summed E-state index contributed by atoms with van der Waals surface area (Å²) in [5.74, 6) is 0.0899. The predicted octanol–water partition coefficient (Wildman–Crippen LogP) is 3.55. The van der Waals surface area contributed by atoms with E-state index in [1.807, 2.05) is 0 Å². The van der Waals surface area contributed by atoms with Gasteiger partial charge in [-0.25, -0.2) is 0 Å². The van der Waals surface area contributed by atoms with E-state index in [9.17, 15) is 18.0 Å². The topological polar surface area (TPSA) is 55.3 Å². The Balaban J connectivity index is 1.58. The first-order valence-corrected chi connectivity index (χ1v) is 8.54. The molecule has 1 saturated heterocycles. The van der Waals surface area contributed by atoms with E-state index in [4.69, 9.17) is 4.74 Å². The molecule has 2 heterocycles. The summed E-state index contributed by atoms with van der Waals surface area (Å²) in [5, 5.41) is 3.84. The van der Waals surface area contributed by atoms with Crippen molar-refractivity contribution in [2.75, 3.05) is 13.1 Å². The number of aromatic nitrogens is 2. The average Bonchev–Trinajstić information content (AvgIpc) is 3.00. The Morgan fingerprint density at radius 1 is 1.32 bits per heavy atom. The number of likely N-dealkylation sites (tertiary alicyclic amines) is 1. The first kappa shape index (κ1) is 17.7. The lowest BCUT2D eigenvalue weighted by Gasteiger charge is -2.32. The van der Waals surface area contributed by atoms with Gasteiger partial charge in [0.15, 0.2) is 0 Å². The number of hydrogen-bond donors (Lipinski definition) is 0. The number of carbonyl (C=O) groups excluding carboxylic acids is 1. The summed E-state index contributed by atoms with van der Waals surface area (Å²) >= 11 is 1.07. The molecule has 0 aliphatic carbocycles. The zero-order chi connectivity index (χ0) is 18.0. The highest BCUT2D eigenvalue weighted by molar-refractivity contribution is 7.07. The summed E-state index contributed by atoms with van der Waals surface area (Å²) in [6, 6.07) is 4.86. The van der Waals surface area contributed by atoms with Crippen LogP contribution in [0.1, 0.15) is 33.8 Å². The third-order valence-electron chi connectivity index (χ3n) is 4.04. The molecule has 1 aliphatic rings. The molecular weight excluding hydrogens is 355 g/mol. The summed E-state index contributed by atoms with van der Waals surface area (Å²) in [5.41, 5.74) is -0.122. The van der Waals surface area contributed by atoms with E-state index in [1.165, 1.54) is 12.1 Å². The lowest BCUT2D eigenvalue weighted by Crippen LogP contribution is -2.41. The number of alkyl halides is 3. The first-order valence-electron chi connectivity index (χ1n) is 7.77. The smallest absolute Gasteiger partial charge is 0.416 e. The zero-order valence-electron chi connectivity index (χ0n) is 13.4. The molecule has 1 aliphatic heterocycles. The number of amides is 1. The molecule has 134 valence electrons. The van der Waals surface area contributed by atoms with Gasteiger partial charge in [-0.05, 0) is 36.7 Å². The van der Waals surface area contributed by atoms with Crippen LogP contribution in [0, 0.1) is 6.92 Å². The van der Waals surface area contributed by atoms with E-state index in [-0.39, 0.29) is 17.8 Å². The van der Waals surface area contributed by atoms with Gasteiger partial charge in [-0.3, -0.25) is 4.79 Å². The van der Waals surface area contributed by atoms with Crippen molar-refractivity contribution in [1.82, 2.24) is 14.5 Å². The van der Waals surface area contributed by atoms with Crippen molar-refractivity contribution in [2.24, 2.45) is 0 Å². The number of piperidine rings is 1. The fourth-order valence-corrected chi connectivity index (χ4v) is 3.31. The fourth-order valence-electron chi connectivity index (χ4n) is 2.69. The maximum absolute atomic E-state index is 12.7. The van der Waals surface area contributed by atoms with Gasteiger partial charge in [-0.15, -0.1) is 5.10 Å². The van der Waals surface area contributed by atoms with Crippen LogP contribution in [0.3, 0.4) is 0 Å². The van der Waals surface area contributed by atoms with Gasteiger partial charge in [0.1, 0.15) is 16.7 Å². The van der Waals surface area contributed by atoms with Crippen molar-refractivity contribution in [1.29, 1.82) is 0 Å². The van der Waals surface area contributed by atoms with E-state index >= 15 is 0 Å². The number of aryl methyl sites for hydroxylation is 1. The minimum atomic E-state index is -4.39. The molecule has 0 unspecified atom stereocenters. The third-order valence-corrected chi connectivity index (χ3v) is 4.86. The predicted molar refractivity (Wildman–Crippen MR) is 85.6 cm³/mol. The van der Waals surface area contributed by atoms with Gasteiger partial charge in [-0.1, -0.05) is 10.6 Å². The van der Waals surface area contributed by atoms with Crippen LogP contribution in [-0.2, 0) is 6.18 Å². The lowest BCUT2D eigenvalue weighted by atomic mass is 10.1. The van der Waals surface area contributed by atoms with Crippen molar-refractivity contribution in [3.63, 3.8) is 0 Å². The standard InChI is InChI=1S/C16H16F3N3O2S/c1-10-14(25-21-20-10)15(23)22-7-5-12(6-8-22)24-13-4-2-3-11(9-13)16(17,18)19/h2-4,9,12H,5-8H2,1H3. The maximum atomic E-state index is 12.7. The summed E-state index contributed by atoms with van der Waals surface area (Å²) in [4.78, 5) is 14.6. The highest BCUT2D eigenvalue weighted by Gasteiger charge is 2.31. The minimum Gasteiger partial charge on any atom is -0.490 e. The number of rotatable bonds is 3. The average molecular weight is 371 g/mol. The van der Waals surface area contributed by atoms with Gasteiger partial charge >= 0.3 is 6.18 Å². The molecule has 5 nitrogen and oxygen atoms in total. The molecule has 2 aromatic rings. The molecule has 3 rings (SSSR count). The van der Waals surface area contributed by atoms with Crippen molar-refractivity contribution in [2.45, 2.75) is 32.0 Å². The highest BCUT2D eigenvalue weighted by atomic mass is 32.1. The van der Waals surface area contributed by atoms with Crippen LogP contribution >= 0.6 is 11.5 Å². The molecule has 9 heteroatoms. The molecular formula is C16H16F3N3O2S. The number of halogens is 3. The molecule has 1 amide bonds. The summed E-state index contributed by atoms with van der Waals surface area (Å²) in [6.45, 7) is 2.71. The van der Waals surface area contributed by atoms with E-state index in [2.05, 4.69) is 9.59 Å². The Bertz CT molecular complexity index is 755. The number of carbonyl (C=O) groups is 1. The van der Waals surface area contributed by atoms with Gasteiger partial charge in [-0.2, -0.15) is 13.2 Å². The van der Waals surface area contributed by atoms with E-state index in [0.717, 1.165) is 23.7 Å². The van der Waals surface area contributed by atoms with Gasteiger partial charge in [0.25, 0.3) is 5.91 Å². The molecule has 0 spiro atoms. The minimum absolute atomic E-state index is 0.106. The van der Waals surface area contributed by atoms with E-state index in [0.29, 0.717) is 36.5 Å². The fraction of sp³-hybridized carbons (Fsp3) is 0.438. The molecule has 25 heavy (non-hydrogen) atoms. The SMILES string of the molecule is Cc1nnsc1C(=O)N1CCC(Oc2cccc(C(F)(F)F)c2)CC1. The molecule has 0 radical (unpaired) electrons. The molecule has 0 saturated carbocycles. The van der Waals surface area contributed by atoms with Gasteiger partial charge in [0.2, 0.25) is 0 Å². The maximum Gasteiger partial charge on any atom is 0.416 e. The molecule has 0 bridgehead atoms. The summed E-state index contributed by atoms with van der Waals surface area (Å²) in [6.07, 6.45) is -3.48. The van der Waals surface area contributed by atoms with Gasteiger partial charge in [0.05, 0.1) is 11.3 Å². The Morgan fingerprint density at radius 2 is 2.04 bits per heavy atom. The Hall–Kier alpha value is -2.16. The van der Waals surface area contributed by atoms with Crippen LogP contribution in [-0.4, -0.2) is 39.6 Å². The van der Waals surface area contributed by atoms with Crippen LogP contribution in [0.4, 0.5) is 13.2 Å². The van der Waals surface area contributed by atoms with Gasteiger partial charge < -0.3 is 9.64 Å². The Morgan fingerprint density at radius 3 is 2.64 bits per heavy atom. The summed E-state index contributed by atoms with van der Waals surface area (Å²) < 4.78 is 47.7. The second-order valence-electron chi connectivity index (χ2n) is 5.82. The number of ether oxygens (including phenoxy) is 1. The van der Waals surface area contributed by atoms with E-state index < -0.39 is 11.7 Å². The largest absolute Gasteiger partial charge is 0.490 e. The molecule has 1 fully saturated rings. The second-order valence-corrected chi connectivity index (χ2v) is 6.58. The zero-order valence-corrected chi connectivity index (χ0v) is 14.2. The van der Waals surface area contributed by atoms with Gasteiger partial charge in [0, 0.05) is 25.9 Å². The second kappa shape index (κ2) is 6.99. The quantitative estimate of drug-likeness (QED) is 0.828. The van der Waals surface area contributed by atoms with Crippen LogP contribution < -0.4 is 4.74 Å². The monoisotopic (exact) mass is 371 g/mol. The van der Waals surface area contributed by atoms with Crippen molar-refractivity contribution in [3.8, 4) is 5.75 Å². The number of benzene rings is 1. The molecule has 1 aromatic carbocycles. The molecule has 0 N–H and O–H groups in total. The number of nitrogens with zero attached hydrogens (tertiary/aromatic N) is 3. The van der Waals surface area contributed by atoms with E-state index in [1.54, 1.807) is 11.8 Å². The molecule has 0 atom stereocenters. The first-order chi connectivity index (χ1) is 11.8. The summed E-state index contributed by atoms with van der Waals surface area (Å²) in [7, 11) is 0.